The molecular formula is C17H17F2N5O2S. The van der Waals surface area contributed by atoms with E-state index in [2.05, 4.69) is 20.0 Å². The summed E-state index contributed by atoms with van der Waals surface area (Å²) in [5.74, 6) is -0.894. The van der Waals surface area contributed by atoms with Gasteiger partial charge in [-0.05, 0) is 30.3 Å². The number of rotatable bonds is 8. The minimum Gasteiger partial charge on any atom is -0.369 e. The molecule has 0 saturated heterocycles. The van der Waals surface area contributed by atoms with E-state index in [0.29, 0.717) is 11.6 Å². The average Bonchev–Trinajstić information content (AvgIpc) is 3.17. The van der Waals surface area contributed by atoms with E-state index in [1.165, 1.54) is 6.33 Å². The van der Waals surface area contributed by atoms with Crippen LogP contribution in [0, 0.1) is 11.6 Å². The summed E-state index contributed by atoms with van der Waals surface area (Å²) < 4.78 is 54.9. The molecule has 0 saturated carbocycles. The van der Waals surface area contributed by atoms with Crippen molar-refractivity contribution in [3.8, 4) is 5.82 Å². The number of halogens is 2. The Morgan fingerprint density at radius 1 is 1.04 bits per heavy atom. The third kappa shape index (κ3) is 5.31. The molecule has 0 unspecified atom stereocenters. The van der Waals surface area contributed by atoms with Crippen molar-refractivity contribution in [2.75, 3.05) is 18.4 Å². The van der Waals surface area contributed by atoms with Gasteiger partial charge in [0.15, 0.2) is 0 Å². The van der Waals surface area contributed by atoms with Crippen LogP contribution >= 0.6 is 0 Å². The smallest absolute Gasteiger partial charge is 0.215 e. The summed E-state index contributed by atoms with van der Waals surface area (Å²) in [6.45, 7) is 0.315. The normalized spacial score (nSPS) is 11.5. The minimum absolute atomic E-state index is 0.0577. The van der Waals surface area contributed by atoms with Crippen LogP contribution in [0.25, 0.3) is 5.82 Å². The molecule has 3 rings (SSSR count). The molecule has 2 heterocycles. The highest BCUT2D eigenvalue weighted by molar-refractivity contribution is 7.88. The quantitative estimate of drug-likeness (QED) is 0.572. The van der Waals surface area contributed by atoms with Crippen molar-refractivity contribution in [1.29, 1.82) is 0 Å². The van der Waals surface area contributed by atoms with Crippen LogP contribution in [0.2, 0.25) is 0 Å². The SMILES string of the molecule is O=S(=O)(Cc1cc(F)ccc1F)NCCNc1cc(-n2cccc2)ncn1. The van der Waals surface area contributed by atoms with E-state index in [9.17, 15) is 17.2 Å². The lowest BCUT2D eigenvalue weighted by Crippen LogP contribution is -2.30. The Balaban J connectivity index is 1.52. The van der Waals surface area contributed by atoms with Gasteiger partial charge in [-0.1, -0.05) is 0 Å². The summed E-state index contributed by atoms with van der Waals surface area (Å²) in [4.78, 5) is 8.21. The predicted molar refractivity (Wildman–Crippen MR) is 96.8 cm³/mol. The number of anilines is 1. The molecule has 10 heteroatoms. The van der Waals surface area contributed by atoms with Gasteiger partial charge in [-0.15, -0.1) is 0 Å². The Morgan fingerprint density at radius 3 is 2.59 bits per heavy atom. The number of nitrogens with zero attached hydrogens (tertiary/aromatic N) is 3. The third-order valence-corrected chi connectivity index (χ3v) is 4.96. The third-order valence-electron chi connectivity index (χ3n) is 3.63. The van der Waals surface area contributed by atoms with Gasteiger partial charge in [-0.2, -0.15) is 0 Å². The summed E-state index contributed by atoms with van der Waals surface area (Å²) >= 11 is 0. The molecule has 0 amide bonds. The van der Waals surface area contributed by atoms with Gasteiger partial charge in [0.2, 0.25) is 10.0 Å². The lowest BCUT2D eigenvalue weighted by molar-refractivity contribution is 0.571. The fourth-order valence-corrected chi connectivity index (χ4v) is 3.52. The molecule has 0 radical (unpaired) electrons. The van der Waals surface area contributed by atoms with Crippen molar-refractivity contribution >= 4 is 15.8 Å². The number of hydrogen-bond acceptors (Lipinski definition) is 5. The Bertz CT molecular complexity index is 1010. The summed E-state index contributed by atoms with van der Waals surface area (Å²) in [5, 5.41) is 2.98. The molecule has 0 fully saturated rings. The lowest BCUT2D eigenvalue weighted by atomic mass is 10.2. The molecule has 27 heavy (non-hydrogen) atoms. The number of sulfonamides is 1. The molecular weight excluding hydrogens is 376 g/mol. The van der Waals surface area contributed by atoms with Crippen LogP contribution in [0.5, 0.6) is 0 Å². The van der Waals surface area contributed by atoms with E-state index < -0.39 is 27.4 Å². The van der Waals surface area contributed by atoms with Gasteiger partial charge < -0.3 is 9.88 Å². The first-order valence-corrected chi connectivity index (χ1v) is 9.69. The maximum Gasteiger partial charge on any atom is 0.215 e. The van der Waals surface area contributed by atoms with Crippen molar-refractivity contribution < 1.29 is 17.2 Å². The zero-order valence-electron chi connectivity index (χ0n) is 14.1. The highest BCUT2D eigenvalue weighted by Gasteiger charge is 2.15. The molecule has 3 aromatic rings. The highest BCUT2D eigenvalue weighted by atomic mass is 32.2. The van der Waals surface area contributed by atoms with Crippen molar-refractivity contribution in [3.63, 3.8) is 0 Å². The van der Waals surface area contributed by atoms with Gasteiger partial charge in [0.05, 0.1) is 5.75 Å². The number of nitrogens with one attached hydrogen (secondary N) is 2. The van der Waals surface area contributed by atoms with Crippen LogP contribution in [-0.2, 0) is 15.8 Å². The molecule has 0 aliphatic carbocycles. The number of aromatic nitrogens is 3. The number of benzene rings is 1. The molecule has 142 valence electrons. The second kappa shape index (κ2) is 8.23. The molecule has 0 aliphatic rings. The molecule has 0 spiro atoms. The van der Waals surface area contributed by atoms with Crippen molar-refractivity contribution in [2.24, 2.45) is 0 Å². The molecule has 7 nitrogen and oxygen atoms in total. The van der Waals surface area contributed by atoms with Crippen molar-refractivity contribution in [2.45, 2.75) is 5.75 Å². The highest BCUT2D eigenvalue weighted by Crippen LogP contribution is 2.13. The van der Waals surface area contributed by atoms with Gasteiger partial charge in [0, 0.05) is 37.1 Å². The fraction of sp³-hybridized carbons (Fsp3) is 0.176. The zero-order chi connectivity index (χ0) is 19.3. The van der Waals surface area contributed by atoms with Crippen LogP contribution in [0.3, 0.4) is 0 Å². The molecule has 0 bridgehead atoms. The second-order valence-corrected chi connectivity index (χ2v) is 7.47. The maximum atomic E-state index is 13.6. The number of hydrogen-bond donors (Lipinski definition) is 2. The van der Waals surface area contributed by atoms with Gasteiger partial charge in [0.1, 0.15) is 29.6 Å². The van der Waals surface area contributed by atoms with Crippen LogP contribution in [0.4, 0.5) is 14.6 Å². The van der Waals surface area contributed by atoms with Crippen LogP contribution < -0.4 is 10.0 Å². The monoisotopic (exact) mass is 393 g/mol. The zero-order valence-corrected chi connectivity index (χ0v) is 15.0. The summed E-state index contributed by atoms with van der Waals surface area (Å²) in [7, 11) is -3.81. The average molecular weight is 393 g/mol. The van der Waals surface area contributed by atoms with E-state index in [1.54, 1.807) is 6.07 Å². The Labute approximate surface area is 155 Å². The molecule has 1 aromatic carbocycles. The van der Waals surface area contributed by atoms with E-state index in [-0.39, 0.29) is 18.7 Å². The predicted octanol–water partition coefficient (Wildman–Crippen LogP) is 2.08. The minimum atomic E-state index is -3.81. The first kappa shape index (κ1) is 18.9. The van der Waals surface area contributed by atoms with Crippen LogP contribution in [-0.4, -0.2) is 36.0 Å². The lowest BCUT2D eigenvalue weighted by Gasteiger charge is -2.10. The van der Waals surface area contributed by atoms with Gasteiger partial charge in [-0.3, -0.25) is 0 Å². The van der Waals surface area contributed by atoms with E-state index in [1.807, 2.05) is 29.1 Å². The fourth-order valence-electron chi connectivity index (χ4n) is 2.38. The Kier molecular flexibility index (Phi) is 5.77. The Hall–Kier alpha value is -2.85. The van der Waals surface area contributed by atoms with E-state index in [4.69, 9.17) is 0 Å². The van der Waals surface area contributed by atoms with Gasteiger partial charge in [0.25, 0.3) is 0 Å². The van der Waals surface area contributed by atoms with Crippen molar-refractivity contribution in [1.82, 2.24) is 19.3 Å². The molecule has 2 aromatic heterocycles. The second-order valence-electron chi connectivity index (χ2n) is 5.67. The maximum absolute atomic E-state index is 13.6. The first-order chi connectivity index (χ1) is 12.9. The van der Waals surface area contributed by atoms with Gasteiger partial charge in [-0.25, -0.2) is 31.9 Å². The van der Waals surface area contributed by atoms with E-state index >= 15 is 0 Å². The largest absolute Gasteiger partial charge is 0.369 e. The first-order valence-electron chi connectivity index (χ1n) is 8.03. The summed E-state index contributed by atoms with van der Waals surface area (Å²) in [6, 6.07) is 8.16. The molecule has 0 aliphatic heterocycles. The van der Waals surface area contributed by atoms with E-state index in [0.717, 1.165) is 18.2 Å². The van der Waals surface area contributed by atoms with Crippen LogP contribution in [0.15, 0.2) is 55.1 Å². The molecule has 2 N–H and O–H groups in total. The standard InChI is InChI=1S/C17H17F2N5O2S/c18-14-3-4-15(19)13(9-14)11-27(25,26)23-6-5-20-16-10-17(22-12-21-16)24-7-1-2-8-24/h1-4,7-10,12,23H,5-6,11H2,(H,20,21,22). The Morgan fingerprint density at radius 2 is 1.81 bits per heavy atom. The topological polar surface area (TPSA) is 88.9 Å². The summed E-state index contributed by atoms with van der Waals surface area (Å²) in [6.07, 6.45) is 5.08. The van der Waals surface area contributed by atoms with Crippen LogP contribution in [0.1, 0.15) is 5.56 Å². The van der Waals surface area contributed by atoms with Crippen molar-refractivity contribution in [3.05, 3.63) is 72.3 Å². The van der Waals surface area contributed by atoms with Gasteiger partial charge >= 0.3 is 0 Å². The summed E-state index contributed by atoms with van der Waals surface area (Å²) in [5.41, 5.74) is -0.220. The molecule has 0 atom stereocenters.